The molecule has 0 bridgehead atoms. The highest BCUT2D eigenvalue weighted by Crippen LogP contribution is 2.20. The number of hydrogen-bond donors (Lipinski definition) is 0. The summed E-state index contributed by atoms with van der Waals surface area (Å²) in [6.45, 7) is 7.34. The number of ether oxygens (including phenoxy) is 1. The predicted molar refractivity (Wildman–Crippen MR) is 65.5 cm³/mol. The summed E-state index contributed by atoms with van der Waals surface area (Å²) < 4.78 is 30.2. The second-order valence-electron chi connectivity index (χ2n) is 3.57. The van der Waals surface area contributed by atoms with Gasteiger partial charge in [-0.3, -0.25) is 0 Å². The minimum Gasteiger partial charge on any atom is -0.483 e. The Kier molecular flexibility index (Phi) is 7.40. The molecule has 92 valence electrons. The fourth-order valence-corrected chi connectivity index (χ4v) is 1.26. The van der Waals surface area contributed by atoms with Crippen LogP contribution in [0.25, 0.3) is 0 Å². The van der Waals surface area contributed by atoms with Gasteiger partial charge in [0, 0.05) is 15.9 Å². The molecule has 0 aliphatic rings. The van der Waals surface area contributed by atoms with Crippen LogP contribution in [0, 0.1) is 11.8 Å². The standard InChI is InChI=1S/C12H17BrF2O/c1-4-5-6-7-11(16-10(2)3)8-9-12(13,14)15/h11H,2,4-7H2,1,3H3. The Morgan fingerprint density at radius 1 is 1.50 bits per heavy atom. The van der Waals surface area contributed by atoms with Crippen molar-refractivity contribution in [3.05, 3.63) is 12.3 Å². The molecule has 0 aromatic carbocycles. The lowest BCUT2D eigenvalue weighted by Gasteiger charge is -2.13. The first kappa shape index (κ1) is 15.4. The van der Waals surface area contributed by atoms with Crippen LogP contribution in [0.1, 0.15) is 39.5 Å². The third-order valence-electron chi connectivity index (χ3n) is 1.79. The molecule has 1 unspecified atom stereocenters. The quantitative estimate of drug-likeness (QED) is 0.304. The predicted octanol–water partition coefficient (Wildman–Crippen LogP) is 4.48. The van der Waals surface area contributed by atoms with Gasteiger partial charge >= 0.3 is 4.83 Å². The van der Waals surface area contributed by atoms with E-state index in [1.165, 1.54) is 0 Å². The Labute approximate surface area is 104 Å². The van der Waals surface area contributed by atoms with Crippen molar-refractivity contribution in [2.45, 2.75) is 50.5 Å². The Balaban J connectivity index is 4.29. The molecule has 0 amide bonds. The maximum absolute atomic E-state index is 12.5. The molecule has 0 fully saturated rings. The molecule has 16 heavy (non-hydrogen) atoms. The van der Waals surface area contributed by atoms with Crippen molar-refractivity contribution in [3.63, 3.8) is 0 Å². The number of rotatable bonds is 6. The van der Waals surface area contributed by atoms with Gasteiger partial charge in [-0.15, -0.1) is 0 Å². The van der Waals surface area contributed by atoms with Crippen LogP contribution in [0.3, 0.4) is 0 Å². The van der Waals surface area contributed by atoms with E-state index in [-0.39, 0.29) is 0 Å². The van der Waals surface area contributed by atoms with Crippen LogP contribution in [0.15, 0.2) is 12.3 Å². The first-order valence-electron chi connectivity index (χ1n) is 5.26. The zero-order valence-corrected chi connectivity index (χ0v) is 11.2. The number of halogens is 3. The molecule has 0 N–H and O–H groups in total. The molecule has 0 aliphatic heterocycles. The van der Waals surface area contributed by atoms with Crippen LogP contribution in [-0.4, -0.2) is 10.9 Å². The second-order valence-corrected chi connectivity index (χ2v) is 4.57. The van der Waals surface area contributed by atoms with Crippen molar-refractivity contribution in [1.82, 2.24) is 0 Å². The van der Waals surface area contributed by atoms with E-state index in [9.17, 15) is 8.78 Å². The highest BCUT2D eigenvalue weighted by molar-refractivity contribution is 9.10. The van der Waals surface area contributed by atoms with Gasteiger partial charge in [-0.05, 0) is 25.7 Å². The summed E-state index contributed by atoms with van der Waals surface area (Å²) in [4.78, 5) is -3.14. The molecule has 0 radical (unpaired) electrons. The van der Waals surface area contributed by atoms with Crippen LogP contribution in [0.4, 0.5) is 8.78 Å². The lowest BCUT2D eigenvalue weighted by Crippen LogP contribution is -2.11. The molecule has 0 aliphatic carbocycles. The van der Waals surface area contributed by atoms with E-state index in [1.54, 1.807) is 6.92 Å². The Hall–Kier alpha value is -0.560. The zero-order chi connectivity index (χ0) is 12.6. The Morgan fingerprint density at radius 2 is 2.12 bits per heavy atom. The van der Waals surface area contributed by atoms with Crippen molar-refractivity contribution in [2.24, 2.45) is 0 Å². The average Bonchev–Trinajstić information content (AvgIpc) is 2.12. The first-order valence-corrected chi connectivity index (χ1v) is 6.06. The van der Waals surface area contributed by atoms with E-state index < -0.39 is 10.9 Å². The Bertz CT molecular complexity index is 273. The van der Waals surface area contributed by atoms with Crippen molar-refractivity contribution in [3.8, 4) is 11.8 Å². The fraction of sp³-hybridized carbons (Fsp3) is 0.667. The van der Waals surface area contributed by atoms with Crippen molar-refractivity contribution >= 4 is 15.9 Å². The van der Waals surface area contributed by atoms with E-state index in [0.717, 1.165) is 19.3 Å². The van der Waals surface area contributed by atoms with Gasteiger partial charge in [-0.1, -0.05) is 32.3 Å². The molecule has 0 spiro atoms. The molecule has 4 heteroatoms. The first-order chi connectivity index (χ1) is 7.35. The van der Waals surface area contributed by atoms with E-state index in [2.05, 4.69) is 35.4 Å². The van der Waals surface area contributed by atoms with E-state index in [1.807, 2.05) is 5.92 Å². The van der Waals surface area contributed by atoms with Crippen LogP contribution >= 0.6 is 15.9 Å². The molecule has 0 aromatic rings. The van der Waals surface area contributed by atoms with Crippen LogP contribution in [0.2, 0.25) is 0 Å². The summed E-state index contributed by atoms with van der Waals surface area (Å²) in [5.41, 5.74) is 0. The number of hydrogen-bond acceptors (Lipinski definition) is 1. The minimum absolute atomic E-state index is 0.493. The smallest absolute Gasteiger partial charge is 0.363 e. The second kappa shape index (κ2) is 7.67. The molecule has 0 rings (SSSR count). The molecule has 0 aromatic heterocycles. The minimum atomic E-state index is -3.14. The topological polar surface area (TPSA) is 9.23 Å². The highest BCUT2D eigenvalue weighted by atomic mass is 79.9. The van der Waals surface area contributed by atoms with Gasteiger partial charge in [0.15, 0.2) is 6.10 Å². The van der Waals surface area contributed by atoms with Crippen molar-refractivity contribution < 1.29 is 13.5 Å². The highest BCUT2D eigenvalue weighted by Gasteiger charge is 2.20. The molecule has 0 saturated carbocycles. The van der Waals surface area contributed by atoms with E-state index in [4.69, 9.17) is 4.74 Å². The largest absolute Gasteiger partial charge is 0.483 e. The SMILES string of the molecule is C=C(C)OC(C#CC(F)(F)Br)CCCCC. The maximum atomic E-state index is 12.5. The van der Waals surface area contributed by atoms with Gasteiger partial charge in [0.05, 0.1) is 5.76 Å². The van der Waals surface area contributed by atoms with E-state index in [0.29, 0.717) is 12.2 Å². The summed E-state index contributed by atoms with van der Waals surface area (Å²) in [7, 11) is 0. The van der Waals surface area contributed by atoms with E-state index >= 15 is 0 Å². The van der Waals surface area contributed by atoms with Gasteiger partial charge in [-0.25, -0.2) is 0 Å². The Morgan fingerprint density at radius 3 is 2.56 bits per heavy atom. The van der Waals surface area contributed by atoms with Gasteiger partial charge < -0.3 is 4.74 Å². The van der Waals surface area contributed by atoms with Gasteiger partial charge in [0.2, 0.25) is 0 Å². The van der Waals surface area contributed by atoms with Gasteiger partial charge in [0.1, 0.15) is 0 Å². The lowest BCUT2D eigenvalue weighted by atomic mass is 10.1. The normalized spacial score (nSPS) is 12.6. The molecule has 0 saturated heterocycles. The van der Waals surface area contributed by atoms with Gasteiger partial charge in [0.25, 0.3) is 0 Å². The van der Waals surface area contributed by atoms with Crippen LogP contribution in [-0.2, 0) is 4.74 Å². The number of alkyl halides is 3. The fourth-order valence-electron chi connectivity index (χ4n) is 1.15. The van der Waals surface area contributed by atoms with Crippen LogP contribution in [0.5, 0.6) is 0 Å². The third-order valence-corrected chi connectivity index (χ3v) is 1.99. The third kappa shape index (κ3) is 9.97. The summed E-state index contributed by atoms with van der Waals surface area (Å²) in [5, 5.41) is 0. The zero-order valence-electron chi connectivity index (χ0n) is 9.66. The molecular formula is C12H17BrF2O. The summed E-state index contributed by atoms with van der Waals surface area (Å²) in [5.74, 6) is 4.74. The van der Waals surface area contributed by atoms with Crippen molar-refractivity contribution in [2.75, 3.05) is 0 Å². The summed E-state index contributed by atoms with van der Waals surface area (Å²) in [6, 6.07) is 0. The van der Waals surface area contributed by atoms with Gasteiger partial charge in [-0.2, -0.15) is 8.78 Å². The summed E-state index contributed by atoms with van der Waals surface area (Å²) >= 11 is 2.17. The molecule has 0 heterocycles. The number of unbranched alkanes of at least 4 members (excludes halogenated alkanes) is 2. The molecule has 1 nitrogen and oxygen atoms in total. The molecular weight excluding hydrogens is 278 g/mol. The average molecular weight is 295 g/mol. The lowest BCUT2D eigenvalue weighted by molar-refractivity contribution is 0.151. The van der Waals surface area contributed by atoms with Crippen molar-refractivity contribution in [1.29, 1.82) is 0 Å². The maximum Gasteiger partial charge on any atom is 0.363 e. The number of allylic oxidation sites excluding steroid dienone is 1. The monoisotopic (exact) mass is 294 g/mol. The summed E-state index contributed by atoms with van der Waals surface area (Å²) in [6.07, 6.45) is 3.19. The molecule has 1 atom stereocenters. The van der Waals surface area contributed by atoms with Crippen LogP contribution < -0.4 is 0 Å².